The van der Waals surface area contributed by atoms with E-state index in [0.717, 1.165) is 10.9 Å². The Bertz CT molecular complexity index is 441. The third kappa shape index (κ3) is 4.35. The zero-order valence-corrected chi connectivity index (χ0v) is 12.9. The van der Waals surface area contributed by atoms with Crippen LogP contribution in [-0.4, -0.2) is 55.4 Å². The summed E-state index contributed by atoms with van der Waals surface area (Å²) >= 11 is 3.33. The Morgan fingerprint density at radius 2 is 2.45 bits per heavy atom. The van der Waals surface area contributed by atoms with Gasteiger partial charge in [0, 0.05) is 43.4 Å². The number of amides is 2. The van der Waals surface area contributed by atoms with Gasteiger partial charge in [-0.25, -0.2) is 9.78 Å². The molecule has 1 aromatic rings. The Kier molecular flexibility index (Phi) is 5.60. The van der Waals surface area contributed by atoms with Crippen molar-refractivity contribution in [1.82, 2.24) is 15.2 Å². The van der Waals surface area contributed by atoms with Crippen LogP contribution in [0.5, 0.6) is 5.88 Å². The Morgan fingerprint density at radius 1 is 1.60 bits per heavy atom. The maximum Gasteiger partial charge on any atom is 0.317 e. The number of rotatable bonds is 5. The Balaban J connectivity index is 1.77. The Labute approximate surface area is 126 Å². The molecule has 2 amide bonds. The van der Waals surface area contributed by atoms with Gasteiger partial charge < -0.3 is 19.7 Å². The standard InChI is InChI=1S/C13H18BrN3O3/c1-19-7-5-15-13(18)17-6-4-11(9-17)20-12-3-2-10(14)8-16-12/h2-3,8,11H,4-7,9H2,1H3,(H,15,18). The molecule has 2 heterocycles. The van der Waals surface area contributed by atoms with Crippen molar-refractivity contribution in [2.24, 2.45) is 0 Å². The van der Waals surface area contributed by atoms with Crippen LogP contribution in [0.1, 0.15) is 6.42 Å². The van der Waals surface area contributed by atoms with E-state index in [4.69, 9.17) is 9.47 Å². The maximum absolute atomic E-state index is 11.8. The molecule has 1 saturated heterocycles. The molecule has 0 saturated carbocycles. The summed E-state index contributed by atoms with van der Waals surface area (Å²) in [6.45, 7) is 2.31. The van der Waals surface area contributed by atoms with Gasteiger partial charge in [-0.15, -0.1) is 0 Å². The third-order valence-electron chi connectivity index (χ3n) is 3.00. The van der Waals surface area contributed by atoms with Crippen molar-refractivity contribution in [2.45, 2.75) is 12.5 Å². The van der Waals surface area contributed by atoms with Gasteiger partial charge in [-0.05, 0) is 22.0 Å². The molecular weight excluding hydrogens is 326 g/mol. The topological polar surface area (TPSA) is 63.7 Å². The fourth-order valence-electron chi connectivity index (χ4n) is 1.98. The highest BCUT2D eigenvalue weighted by Gasteiger charge is 2.27. The number of nitrogens with zero attached hydrogens (tertiary/aromatic N) is 2. The number of urea groups is 1. The molecule has 20 heavy (non-hydrogen) atoms. The summed E-state index contributed by atoms with van der Waals surface area (Å²) in [7, 11) is 1.61. The first-order valence-corrected chi connectivity index (χ1v) is 7.28. The lowest BCUT2D eigenvalue weighted by atomic mass is 10.3. The lowest BCUT2D eigenvalue weighted by Crippen LogP contribution is -2.40. The molecule has 1 N–H and O–H groups in total. The van der Waals surface area contributed by atoms with Crippen LogP contribution in [0.2, 0.25) is 0 Å². The van der Waals surface area contributed by atoms with Crippen LogP contribution in [0.25, 0.3) is 0 Å². The molecule has 110 valence electrons. The summed E-state index contributed by atoms with van der Waals surface area (Å²) < 4.78 is 11.6. The van der Waals surface area contributed by atoms with Crippen molar-refractivity contribution in [2.75, 3.05) is 33.4 Å². The predicted molar refractivity (Wildman–Crippen MR) is 77.8 cm³/mol. The van der Waals surface area contributed by atoms with E-state index in [1.54, 1.807) is 18.2 Å². The van der Waals surface area contributed by atoms with Crippen molar-refractivity contribution in [3.8, 4) is 5.88 Å². The molecule has 6 nitrogen and oxygen atoms in total. The molecular formula is C13H18BrN3O3. The minimum absolute atomic E-state index is 0.00292. The highest BCUT2D eigenvalue weighted by molar-refractivity contribution is 9.10. The van der Waals surface area contributed by atoms with Crippen molar-refractivity contribution < 1.29 is 14.3 Å². The van der Waals surface area contributed by atoms with Crippen molar-refractivity contribution in [3.05, 3.63) is 22.8 Å². The van der Waals surface area contributed by atoms with Crippen LogP contribution >= 0.6 is 15.9 Å². The van der Waals surface area contributed by atoms with E-state index in [-0.39, 0.29) is 12.1 Å². The summed E-state index contributed by atoms with van der Waals surface area (Å²) in [5, 5.41) is 2.80. The van der Waals surface area contributed by atoms with Gasteiger partial charge in [0.05, 0.1) is 13.2 Å². The van der Waals surface area contributed by atoms with Crippen molar-refractivity contribution >= 4 is 22.0 Å². The summed E-state index contributed by atoms with van der Waals surface area (Å²) in [6, 6.07) is 3.62. The zero-order valence-electron chi connectivity index (χ0n) is 11.3. The monoisotopic (exact) mass is 343 g/mol. The molecule has 0 aromatic carbocycles. The number of hydrogen-bond donors (Lipinski definition) is 1. The van der Waals surface area contributed by atoms with Crippen LogP contribution in [0.15, 0.2) is 22.8 Å². The normalized spacial score (nSPS) is 18.1. The van der Waals surface area contributed by atoms with E-state index >= 15 is 0 Å². The predicted octanol–water partition coefficient (Wildman–Crippen LogP) is 1.65. The fourth-order valence-corrected chi connectivity index (χ4v) is 2.22. The maximum atomic E-state index is 11.8. The lowest BCUT2D eigenvalue weighted by Gasteiger charge is -2.17. The second-order valence-corrected chi connectivity index (χ2v) is 5.43. The van der Waals surface area contributed by atoms with Crippen LogP contribution in [0, 0.1) is 0 Å². The molecule has 0 aliphatic carbocycles. The minimum Gasteiger partial charge on any atom is -0.472 e. The summed E-state index contributed by atoms with van der Waals surface area (Å²) in [5.74, 6) is 0.583. The molecule has 2 rings (SSSR count). The molecule has 1 unspecified atom stereocenters. The molecule has 0 spiro atoms. The van der Waals surface area contributed by atoms with Crippen LogP contribution < -0.4 is 10.1 Å². The van der Waals surface area contributed by atoms with Gasteiger partial charge in [0.2, 0.25) is 5.88 Å². The first-order valence-electron chi connectivity index (χ1n) is 6.49. The average molecular weight is 344 g/mol. The number of carbonyl (C=O) groups is 1. The van der Waals surface area contributed by atoms with Crippen molar-refractivity contribution in [3.63, 3.8) is 0 Å². The molecule has 1 aromatic heterocycles. The number of methoxy groups -OCH3 is 1. The molecule has 0 bridgehead atoms. The number of ether oxygens (including phenoxy) is 2. The number of carbonyl (C=O) groups excluding carboxylic acids is 1. The summed E-state index contributed by atoms with van der Waals surface area (Å²) in [6.07, 6.45) is 2.51. The minimum atomic E-state index is -0.0723. The van der Waals surface area contributed by atoms with Gasteiger partial charge in [-0.2, -0.15) is 0 Å². The number of pyridine rings is 1. The van der Waals surface area contributed by atoms with Gasteiger partial charge in [0.1, 0.15) is 6.10 Å². The summed E-state index contributed by atoms with van der Waals surface area (Å²) in [4.78, 5) is 17.8. The van der Waals surface area contributed by atoms with Gasteiger partial charge in [0.15, 0.2) is 0 Å². The van der Waals surface area contributed by atoms with E-state index in [0.29, 0.717) is 32.1 Å². The number of halogens is 1. The van der Waals surface area contributed by atoms with E-state index in [9.17, 15) is 4.79 Å². The molecule has 1 fully saturated rings. The molecule has 1 aliphatic rings. The SMILES string of the molecule is COCCNC(=O)N1CCC(Oc2ccc(Br)cn2)C1. The molecule has 7 heteroatoms. The van der Waals surface area contributed by atoms with Gasteiger partial charge in [-0.3, -0.25) is 0 Å². The second kappa shape index (κ2) is 7.44. The van der Waals surface area contributed by atoms with Crippen LogP contribution in [-0.2, 0) is 4.74 Å². The first kappa shape index (κ1) is 15.1. The molecule has 0 radical (unpaired) electrons. The van der Waals surface area contributed by atoms with E-state index in [2.05, 4.69) is 26.2 Å². The fraction of sp³-hybridized carbons (Fsp3) is 0.538. The van der Waals surface area contributed by atoms with E-state index < -0.39 is 0 Å². The lowest BCUT2D eigenvalue weighted by molar-refractivity contribution is 0.174. The van der Waals surface area contributed by atoms with Crippen molar-refractivity contribution in [1.29, 1.82) is 0 Å². The Morgan fingerprint density at radius 3 is 3.15 bits per heavy atom. The quantitative estimate of drug-likeness (QED) is 0.825. The molecule has 1 aliphatic heterocycles. The number of nitrogens with one attached hydrogen (secondary N) is 1. The van der Waals surface area contributed by atoms with Gasteiger partial charge in [-0.1, -0.05) is 0 Å². The first-order chi connectivity index (χ1) is 9.69. The van der Waals surface area contributed by atoms with Crippen LogP contribution in [0.3, 0.4) is 0 Å². The molecule has 1 atom stereocenters. The van der Waals surface area contributed by atoms with Gasteiger partial charge in [0.25, 0.3) is 0 Å². The summed E-state index contributed by atoms with van der Waals surface area (Å²) in [5.41, 5.74) is 0. The average Bonchev–Trinajstić information content (AvgIpc) is 2.90. The van der Waals surface area contributed by atoms with E-state index in [1.165, 1.54) is 0 Å². The smallest absolute Gasteiger partial charge is 0.317 e. The van der Waals surface area contributed by atoms with E-state index in [1.807, 2.05) is 12.1 Å². The number of hydrogen-bond acceptors (Lipinski definition) is 4. The highest BCUT2D eigenvalue weighted by atomic mass is 79.9. The van der Waals surface area contributed by atoms with Crippen LogP contribution in [0.4, 0.5) is 4.79 Å². The third-order valence-corrected chi connectivity index (χ3v) is 3.47. The highest BCUT2D eigenvalue weighted by Crippen LogP contribution is 2.18. The van der Waals surface area contributed by atoms with Gasteiger partial charge >= 0.3 is 6.03 Å². The number of likely N-dealkylation sites (tertiary alicyclic amines) is 1. The number of aromatic nitrogens is 1. The Hall–Kier alpha value is -1.34. The second-order valence-electron chi connectivity index (χ2n) is 4.51. The zero-order chi connectivity index (χ0) is 14.4. The largest absolute Gasteiger partial charge is 0.472 e.